The van der Waals surface area contributed by atoms with Gasteiger partial charge >= 0.3 is 0 Å². The van der Waals surface area contributed by atoms with Crippen LogP contribution in [0.2, 0.25) is 0 Å². The second kappa shape index (κ2) is 11.1. The summed E-state index contributed by atoms with van der Waals surface area (Å²) in [5, 5.41) is 0. The van der Waals surface area contributed by atoms with E-state index in [0.717, 1.165) is 36.8 Å². The Labute approximate surface area is 178 Å². The van der Waals surface area contributed by atoms with Crippen LogP contribution in [0.3, 0.4) is 0 Å². The third kappa shape index (κ3) is 6.54. The second-order valence-electron chi connectivity index (χ2n) is 9.38. The van der Waals surface area contributed by atoms with E-state index in [0.29, 0.717) is 6.42 Å². The number of allylic oxidation sites excluding steroid dienone is 4. The number of halogens is 1. The molecule has 1 aromatic carbocycles. The van der Waals surface area contributed by atoms with Gasteiger partial charge in [0.1, 0.15) is 6.17 Å². The second-order valence-corrected chi connectivity index (χ2v) is 9.38. The number of alkyl halides is 1. The third-order valence-corrected chi connectivity index (χ3v) is 7.01. The molecular formula is C27H40FN. The maximum absolute atomic E-state index is 14.2. The number of likely N-dealkylation sites (tertiary alicyclic amines) is 1. The van der Waals surface area contributed by atoms with Gasteiger partial charge in [0.05, 0.1) is 0 Å². The Kier molecular flexibility index (Phi) is 8.53. The molecule has 0 radical (unpaired) electrons. The van der Waals surface area contributed by atoms with Gasteiger partial charge in [-0.2, -0.15) is 0 Å². The molecule has 29 heavy (non-hydrogen) atoms. The van der Waals surface area contributed by atoms with Crippen LogP contribution in [0.25, 0.3) is 0 Å². The fraction of sp³-hybridized carbons (Fsp3) is 0.630. The van der Waals surface area contributed by atoms with Crippen LogP contribution in [0.5, 0.6) is 0 Å². The molecule has 2 aliphatic rings. The average molecular weight is 398 g/mol. The van der Waals surface area contributed by atoms with Gasteiger partial charge in [-0.15, -0.1) is 0 Å². The standard InChI is InChI=1S/C27H40FN/c1-4-5-9-27(28)25-14-12-24(13-15-25)20-29-18-16-23(17-19-29)7-6-8-26-21(2)10-11-22(26)3/h6,8,12-15,21,23,27H,4-5,7,9-11,16-20H2,1-3H3/b8-6-. The van der Waals surface area contributed by atoms with Gasteiger partial charge in [-0.05, 0) is 87.1 Å². The first-order chi connectivity index (χ1) is 14.1. The predicted octanol–water partition coefficient (Wildman–Crippen LogP) is 7.79. The van der Waals surface area contributed by atoms with E-state index in [1.54, 1.807) is 11.1 Å². The summed E-state index contributed by atoms with van der Waals surface area (Å²) in [6.45, 7) is 10.1. The average Bonchev–Trinajstić information content (AvgIpc) is 3.06. The minimum Gasteiger partial charge on any atom is -0.299 e. The van der Waals surface area contributed by atoms with Gasteiger partial charge in [0.25, 0.3) is 0 Å². The van der Waals surface area contributed by atoms with Gasteiger partial charge in [0.2, 0.25) is 0 Å². The summed E-state index contributed by atoms with van der Waals surface area (Å²) in [5.74, 6) is 1.58. The lowest BCUT2D eigenvalue weighted by Crippen LogP contribution is -2.33. The van der Waals surface area contributed by atoms with Crippen molar-refractivity contribution < 1.29 is 4.39 Å². The van der Waals surface area contributed by atoms with Crippen molar-refractivity contribution in [2.24, 2.45) is 11.8 Å². The van der Waals surface area contributed by atoms with E-state index >= 15 is 0 Å². The van der Waals surface area contributed by atoms with Crippen molar-refractivity contribution in [3.05, 3.63) is 58.7 Å². The summed E-state index contributed by atoms with van der Waals surface area (Å²) < 4.78 is 14.2. The Morgan fingerprint density at radius 1 is 1.14 bits per heavy atom. The number of nitrogens with zero attached hydrogens (tertiary/aromatic N) is 1. The number of unbranched alkanes of at least 4 members (excludes halogenated alkanes) is 1. The molecule has 160 valence electrons. The molecule has 3 rings (SSSR count). The van der Waals surface area contributed by atoms with Gasteiger partial charge in [0.15, 0.2) is 0 Å². The quantitative estimate of drug-likeness (QED) is 0.411. The van der Waals surface area contributed by atoms with Gasteiger partial charge in [-0.25, -0.2) is 4.39 Å². The lowest BCUT2D eigenvalue weighted by atomic mass is 9.92. The minimum absolute atomic E-state index is 0.646. The maximum atomic E-state index is 14.2. The fourth-order valence-electron chi connectivity index (χ4n) is 4.87. The summed E-state index contributed by atoms with van der Waals surface area (Å²) in [6.07, 6.45) is 13.1. The van der Waals surface area contributed by atoms with Crippen LogP contribution in [-0.4, -0.2) is 18.0 Å². The van der Waals surface area contributed by atoms with Crippen LogP contribution in [-0.2, 0) is 6.54 Å². The number of hydrogen-bond acceptors (Lipinski definition) is 1. The van der Waals surface area contributed by atoms with E-state index in [1.165, 1.54) is 50.8 Å². The Bertz CT molecular complexity index is 679. The SMILES string of the molecule is CCCCC(F)c1ccc(CN2CCC(C/C=C\C3=C(C)CCC3C)CC2)cc1. The highest BCUT2D eigenvalue weighted by atomic mass is 19.1. The molecule has 2 unspecified atom stereocenters. The van der Waals surface area contributed by atoms with Crippen LogP contribution in [0.1, 0.15) is 89.4 Å². The lowest BCUT2D eigenvalue weighted by molar-refractivity contribution is 0.178. The Morgan fingerprint density at radius 2 is 1.86 bits per heavy atom. The smallest absolute Gasteiger partial charge is 0.125 e. The van der Waals surface area contributed by atoms with Crippen LogP contribution in [0, 0.1) is 11.8 Å². The number of benzene rings is 1. The summed E-state index contributed by atoms with van der Waals surface area (Å²) in [7, 11) is 0. The molecule has 0 saturated carbocycles. The highest BCUT2D eigenvalue weighted by molar-refractivity contribution is 5.30. The normalized spacial score (nSPS) is 22.7. The van der Waals surface area contributed by atoms with Crippen molar-refractivity contribution in [2.75, 3.05) is 13.1 Å². The molecule has 1 fully saturated rings. The van der Waals surface area contributed by atoms with Crippen LogP contribution in [0.4, 0.5) is 4.39 Å². The zero-order chi connectivity index (χ0) is 20.6. The van der Waals surface area contributed by atoms with Crippen molar-refractivity contribution in [1.29, 1.82) is 0 Å². The Hall–Kier alpha value is -1.41. The molecule has 2 atom stereocenters. The van der Waals surface area contributed by atoms with Gasteiger partial charge in [-0.1, -0.05) is 68.7 Å². The van der Waals surface area contributed by atoms with Crippen LogP contribution < -0.4 is 0 Å². The summed E-state index contributed by atoms with van der Waals surface area (Å²) in [4.78, 5) is 2.56. The molecule has 0 N–H and O–H groups in total. The molecule has 2 heteroatoms. The molecule has 1 aliphatic heterocycles. The summed E-state index contributed by atoms with van der Waals surface area (Å²) >= 11 is 0. The molecule has 1 saturated heterocycles. The molecule has 1 nitrogen and oxygen atoms in total. The Balaban J connectivity index is 1.40. The first kappa shape index (κ1) is 22.3. The largest absolute Gasteiger partial charge is 0.299 e. The van der Waals surface area contributed by atoms with E-state index in [9.17, 15) is 4.39 Å². The minimum atomic E-state index is -0.806. The highest BCUT2D eigenvalue weighted by Gasteiger charge is 2.20. The highest BCUT2D eigenvalue weighted by Crippen LogP contribution is 2.32. The zero-order valence-electron chi connectivity index (χ0n) is 18.8. The van der Waals surface area contributed by atoms with Gasteiger partial charge < -0.3 is 0 Å². The van der Waals surface area contributed by atoms with Gasteiger partial charge in [0, 0.05) is 6.54 Å². The maximum Gasteiger partial charge on any atom is 0.125 e. The summed E-state index contributed by atoms with van der Waals surface area (Å²) in [6, 6.07) is 8.24. The van der Waals surface area contributed by atoms with E-state index in [2.05, 4.69) is 50.0 Å². The molecule has 0 amide bonds. The number of hydrogen-bond donors (Lipinski definition) is 0. The van der Waals surface area contributed by atoms with Gasteiger partial charge in [-0.3, -0.25) is 4.90 Å². The Morgan fingerprint density at radius 3 is 2.48 bits per heavy atom. The predicted molar refractivity (Wildman–Crippen MR) is 123 cm³/mol. The molecule has 0 bridgehead atoms. The molecule has 0 aromatic heterocycles. The molecule has 1 aliphatic carbocycles. The van der Waals surface area contributed by atoms with E-state index in [-0.39, 0.29) is 0 Å². The zero-order valence-corrected chi connectivity index (χ0v) is 18.8. The van der Waals surface area contributed by atoms with Crippen LogP contribution >= 0.6 is 0 Å². The first-order valence-electron chi connectivity index (χ1n) is 11.9. The van der Waals surface area contributed by atoms with E-state index < -0.39 is 6.17 Å². The van der Waals surface area contributed by atoms with Crippen molar-refractivity contribution >= 4 is 0 Å². The third-order valence-electron chi connectivity index (χ3n) is 7.01. The van der Waals surface area contributed by atoms with Crippen molar-refractivity contribution in [3.8, 4) is 0 Å². The fourth-order valence-corrected chi connectivity index (χ4v) is 4.87. The lowest BCUT2D eigenvalue weighted by Gasteiger charge is -2.31. The monoisotopic (exact) mass is 397 g/mol. The molecule has 1 aromatic rings. The van der Waals surface area contributed by atoms with Crippen LogP contribution in [0.15, 0.2) is 47.6 Å². The number of piperidine rings is 1. The molecular weight excluding hydrogens is 357 g/mol. The van der Waals surface area contributed by atoms with E-state index in [1.807, 2.05) is 12.1 Å². The van der Waals surface area contributed by atoms with Crippen molar-refractivity contribution in [3.63, 3.8) is 0 Å². The number of rotatable bonds is 9. The van der Waals surface area contributed by atoms with Crippen molar-refractivity contribution in [1.82, 2.24) is 4.90 Å². The first-order valence-corrected chi connectivity index (χ1v) is 11.9. The molecule has 0 spiro atoms. The van der Waals surface area contributed by atoms with Crippen molar-refractivity contribution in [2.45, 2.75) is 84.9 Å². The van der Waals surface area contributed by atoms with E-state index in [4.69, 9.17) is 0 Å². The molecule has 1 heterocycles. The summed E-state index contributed by atoms with van der Waals surface area (Å²) in [5.41, 5.74) is 5.34. The topological polar surface area (TPSA) is 3.24 Å².